The average molecular weight is 316 g/mol. The van der Waals surface area contributed by atoms with Gasteiger partial charge in [0.05, 0.1) is 12.1 Å². The number of ketones is 1. The second-order valence-electron chi connectivity index (χ2n) is 6.35. The Hall–Kier alpha value is -2.81. The maximum absolute atomic E-state index is 12.0. The van der Waals surface area contributed by atoms with Crippen LogP contribution in [0.4, 0.5) is 0 Å². The van der Waals surface area contributed by atoms with Gasteiger partial charge in [-0.05, 0) is 36.1 Å². The standard InChI is InChI=1S/C21H20N2O/c1-15(16-7-3-2-4-8-16)23-12-11-18(24)14-21(23)20-13-17-9-5-6-10-19(17)22-20/h2-13,15,21-22H,14H2,1H3/t15-,21+/m0/s1. The summed E-state index contributed by atoms with van der Waals surface area (Å²) in [5.74, 6) is 0.176. The van der Waals surface area contributed by atoms with Crippen LogP contribution in [0, 0.1) is 0 Å². The minimum Gasteiger partial charge on any atom is -0.362 e. The van der Waals surface area contributed by atoms with Crippen molar-refractivity contribution in [1.29, 1.82) is 0 Å². The summed E-state index contributed by atoms with van der Waals surface area (Å²) < 4.78 is 0. The number of benzene rings is 2. The number of allylic oxidation sites excluding steroid dienone is 1. The molecule has 0 bridgehead atoms. The molecule has 3 nitrogen and oxygen atoms in total. The number of aromatic nitrogens is 1. The molecule has 0 radical (unpaired) electrons. The monoisotopic (exact) mass is 316 g/mol. The highest BCUT2D eigenvalue weighted by atomic mass is 16.1. The number of hydrogen-bond donors (Lipinski definition) is 1. The molecular formula is C21H20N2O. The summed E-state index contributed by atoms with van der Waals surface area (Å²) in [5, 5.41) is 1.18. The van der Waals surface area contributed by atoms with Crippen molar-refractivity contribution in [3.63, 3.8) is 0 Å². The Labute approximate surface area is 141 Å². The van der Waals surface area contributed by atoms with Crippen molar-refractivity contribution in [2.75, 3.05) is 0 Å². The first-order valence-corrected chi connectivity index (χ1v) is 8.33. The fraction of sp³-hybridized carbons (Fsp3) is 0.190. The molecule has 24 heavy (non-hydrogen) atoms. The highest BCUT2D eigenvalue weighted by Gasteiger charge is 2.29. The van der Waals surface area contributed by atoms with Crippen LogP contribution >= 0.6 is 0 Å². The van der Waals surface area contributed by atoms with Gasteiger partial charge in [0, 0.05) is 23.8 Å². The Morgan fingerprint density at radius 1 is 1.08 bits per heavy atom. The summed E-state index contributed by atoms with van der Waals surface area (Å²) in [6.45, 7) is 2.19. The lowest BCUT2D eigenvalue weighted by molar-refractivity contribution is -0.116. The number of carbonyl (C=O) groups is 1. The quantitative estimate of drug-likeness (QED) is 0.756. The predicted molar refractivity (Wildman–Crippen MR) is 96.5 cm³/mol. The fourth-order valence-corrected chi connectivity index (χ4v) is 3.49. The third-order valence-corrected chi connectivity index (χ3v) is 4.83. The lowest BCUT2D eigenvalue weighted by Crippen LogP contribution is -2.31. The van der Waals surface area contributed by atoms with Crippen molar-refractivity contribution in [2.24, 2.45) is 0 Å². The SMILES string of the molecule is C[C@@H](c1ccccc1)N1C=CC(=O)C[C@@H]1c1cc2ccccc2[nH]1. The maximum atomic E-state index is 12.0. The van der Waals surface area contributed by atoms with Crippen LogP contribution in [0.25, 0.3) is 10.9 Å². The molecule has 0 saturated carbocycles. The summed E-state index contributed by atoms with van der Waals surface area (Å²) in [6, 6.07) is 21.1. The number of nitrogens with one attached hydrogen (secondary N) is 1. The van der Waals surface area contributed by atoms with Crippen molar-refractivity contribution in [3.8, 4) is 0 Å². The van der Waals surface area contributed by atoms with E-state index in [1.807, 2.05) is 24.4 Å². The van der Waals surface area contributed by atoms with Crippen LogP contribution in [0.2, 0.25) is 0 Å². The first kappa shape index (κ1) is 14.8. The van der Waals surface area contributed by atoms with Crippen molar-refractivity contribution >= 4 is 16.7 Å². The molecule has 2 atom stereocenters. The third kappa shape index (κ3) is 2.62. The highest BCUT2D eigenvalue weighted by Crippen LogP contribution is 2.36. The Morgan fingerprint density at radius 3 is 2.62 bits per heavy atom. The zero-order valence-corrected chi connectivity index (χ0v) is 13.6. The van der Waals surface area contributed by atoms with Crippen LogP contribution in [0.15, 0.2) is 72.9 Å². The number of fused-ring (bicyclic) bond motifs is 1. The molecule has 0 aliphatic carbocycles. The van der Waals surface area contributed by atoms with Crippen molar-refractivity contribution in [1.82, 2.24) is 9.88 Å². The first-order valence-electron chi connectivity index (χ1n) is 8.33. The molecule has 1 N–H and O–H groups in total. The molecule has 0 unspecified atom stereocenters. The molecule has 3 heteroatoms. The highest BCUT2D eigenvalue weighted by molar-refractivity contribution is 5.91. The summed E-state index contributed by atoms with van der Waals surface area (Å²) in [6.07, 6.45) is 4.14. The predicted octanol–water partition coefficient (Wildman–Crippen LogP) is 4.76. The molecule has 4 rings (SSSR count). The van der Waals surface area contributed by atoms with Crippen LogP contribution in [-0.4, -0.2) is 15.7 Å². The smallest absolute Gasteiger partial charge is 0.159 e. The minimum absolute atomic E-state index is 0.0325. The Kier molecular flexibility index (Phi) is 3.69. The van der Waals surface area contributed by atoms with Gasteiger partial charge in [-0.1, -0.05) is 48.5 Å². The molecule has 2 heterocycles. The molecule has 1 aliphatic rings. The van der Waals surface area contributed by atoms with E-state index in [1.165, 1.54) is 10.9 Å². The zero-order chi connectivity index (χ0) is 16.5. The molecular weight excluding hydrogens is 296 g/mol. The van der Waals surface area contributed by atoms with Gasteiger partial charge in [-0.25, -0.2) is 0 Å². The van der Waals surface area contributed by atoms with E-state index in [0.717, 1.165) is 11.2 Å². The van der Waals surface area contributed by atoms with Gasteiger partial charge in [0.15, 0.2) is 5.78 Å². The first-order chi connectivity index (χ1) is 11.7. The number of carbonyl (C=O) groups excluding carboxylic acids is 1. The van der Waals surface area contributed by atoms with Gasteiger partial charge in [-0.3, -0.25) is 4.79 Å². The van der Waals surface area contributed by atoms with Crippen LogP contribution in [0.1, 0.15) is 36.7 Å². The summed E-state index contributed by atoms with van der Waals surface area (Å²) in [7, 11) is 0. The van der Waals surface area contributed by atoms with Gasteiger partial charge in [0.2, 0.25) is 0 Å². The molecule has 0 spiro atoms. The molecule has 3 aromatic rings. The van der Waals surface area contributed by atoms with Crippen LogP contribution in [0.5, 0.6) is 0 Å². The Morgan fingerprint density at radius 2 is 1.83 bits per heavy atom. The van der Waals surface area contributed by atoms with E-state index in [4.69, 9.17) is 0 Å². The van der Waals surface area contributed by atoms with Gasteiger partial charge in [-0.15, -0.1) is 0 Å². The van der Waals surface area contributed by atoms with Crippen LogP contribution < -0.4 is 0 Å². The van der Waals surface area contributed by atoms with Crippen molar-refractivity contribution in [3.05, 3.63) is 84.2 Å². The topological polar surface area (TPSA) is 36.1 Å². The number of hydrogen-bond acceptors (Lipinski definition) is 2. The largest absolute Gasteiger partial charge is 0.362 e. The number of para-hydroxylation sites is 1. The number of rotatable bonds is 3. The maximum Gasteiger partial charge on any atom is 0.159 e. The molecule has 0 saturated heterocycles. The van der Waals surface area contributed by atoms with Crippen LogP contribution in [-0.2, 0) is 4.79 Å². The van der Waals surface area contributed by atoms with E-state index in [-0.39, 0.29) is 17.9 Å². The summed E-state index contributed by atoms with van der Waals surface area (Å²) in [5.41, 5.74) is 3.45. The van der Waals surface area contributed by atoms with Gasteiger partial charge in [-0.2, -0.15) is 0 Å². The van der Waals surface area contributed by atoms with E-state index >= 15 is 0 Å². The second kappa shape index (κ2) is 6.00. The average Bonchev–Trinajstić information content (AvgIpc) is 3.06. The van der Waals surface area contributed by atoms with Crippen molar-refractivity contribution in [2.45, 2.75) is 25.4 Å². The molecule has 0 fully saturated rings. The van der Waals surface area contributed by atoms with E-state index in [9.17, 15) is 4.79 Å². The van der Waals surface area contributed by atoms with E-state index in [2.05, 4.69) is 59.3 Å². The molecule has 120 valence electrons. The molecule has 1 aliphatic heterocycles. The van der Waals surface area contributed by atoms with E-state index in [0.29, 0.717) is 6.42 Å². The molecule has 1 aromatic heterocycles. The van der Waals surface area contributed by atoms with Crippen molar-refractivity contribution < 1.29 is 4.79 Å². The minimum atomic E-state index is 0.0325. The number of H-pyrrole nitrogens is 1. The van der Waals surface area contributed by atoms with Gasteiger partial charge < -0.3 is 9.88 Å². The van der Waals surface area contributed by atoms with Gasteiger partial charge in [0.1, 0.15) is 0 Å². The van der Waals surface area contributed by atoms with Gasteiger partial charge >= 0.3 is 0 Å². The summed E-state index contributed by atoms with van der Waals surface area (Å²) >= 11 is 0. The zero-order valence-electron chi connectivity index (χ0n) is 13.6. The van der Waals surface area contributed by atoms with Crippen LogP contribution in [0.3, 0.4) is 0 Å². The normalized spacial score (nSPS) is 19.0. The third-order valence-electron chi connectivity index (χ3n) is 4.83. The second-order valence-corrected chi connectivity index (χ2v) is 6.35. The van der Waals surface area contributed by atoms with Gasteiger partial charge in [0.25, 0.3) is 0 Å². The Bertz CT molecular complexity index is 861. The Balaban J connectivity index is 1.73. The molecule has 0 amide bonds. The number of aromatic amines is 1. The summed E-state index contributed by atoms with van der Waals surface area (Å²) in [4.78, 5) is 17.8. The molecule has 2 aromatic carbocycles. The lowest BCUT2D eigenvalue weighted by atomic mass is 9.97. The van der Waals surface area contributed by atoms with E-state index in [1.54, 1.807) is 6.08 Å². The lowest BCUT2D eigenvalue weighted by Gasteiger charge is -2.37. The number of nitrogens with zero attached hydrogens (tertiary/aromatic N) is 1. The van der Waals surface area contributed by atoms with E-state index < -0.39 is 0 Å². The fourth-order valence-electron chi connectivity index (χ4n) is 3.49.